The average Bonchev–Trinajstić information content (AvgIpc) is 2.29. The number of hydrazine groups is 1. The number of para-hydroxylation sites is 1. The maximum atomic E-state index is 3.20. The second-order valence-electron chi connectivity index (χ2n) is 4.80. The van der Waals surface area contributed by atoms with Gasteiger partial charge in [0, 0.05) is 5.70 Å². The third kappa shape index (κ3) is 2.89. The van der Waals surface area contributed by atoms with Crippen molar-refractivity contribution in [2.24, 2.45) is 5.41 Å². The number of nitrogens with one attached hydrogen (secondary N) is 2. The van der Waals surface area contributed by atoms with Crippen LogP contribution in [0.3, 0.4) is 0 Å². The Labute approximate surface area is 97.0 Å². The summed E-state index contributed by atoms with van der Waals surface area (Å²) in [5.41, 5.74) is 8.86. The summed E-state index contributed by atoms with van der Waals surface area (Å²) in [6.45, 7) is 4.48. The van der Waals surface area contributed by atoms with Crippen molar-refractivity contribution < 1.29 is 0 Å². The van der Waals surface area contributed by atoms with Crippen LogP contribution in [0.2, 0.25) is 0 Å². The molecule has 0 heterocycles. The van der Waals surface area contributed by atoms with Crippen LogP contribution < -0.4 is 10.9 Å². The largest absolute Gasteiger partial charge is 0.301 e. The van der Waals surface area contributed by atoms with Crippen LogP contribution in [0.5, 0.6) is 0 Å². The maximum Gasteiger partial charge on any atom is 0.0539 e. The fourth-order valence-corrected chi connectivity index (χ4v) is 1.58. The van der Waals surface area contributed by atoms with Crippen LogP contribution in [0.25, 0.3) is 0 Å². The molecule has 0 saturated heterocycles. The van der Waals surface area contributed by atoms with E-state index in [1.165, 1.54) is 0 Å². The van der Waals surface area contributed by atoms with Gasteiger partial charge in [-0.1, -0.05) is 44.2 Å². The number of benzene rings is 1. The molecule has 2 nitrogen and oxygen atoms in total. The molecule has 84 valence electrons. The van der Waals surface area contributed by atoms with Gasteiger partial charge in [-0.15, -0.1) is 0 Å². The summed E-state index contributed by atoms with van der Waals surface area (Å²) >= 11 is 0. The lowest BCUT2D eigenvalue weighted by Gasteiger charge is -2.23. The van der Waals surface area contributed by atoms with Crippen molar-refractivity contribution in [3.63, 3.8) is 0 Å². The highest BCUT2D eigenvalue weighted by atomic mass is 15.4. The van der Waals surface area contributed by atoms with Crippen LogP contribution in [0.15, 0.2) is 54.3 Å². The first-order valence-electron chi connectivity index (χ1n) is 5.62. The van der Waals surface area contributed by atoms with Gasteiger partial charge < -0.3 is 10.9 Å². The van der Waals surface area contributed by atoms with Crippen LogP contribution >= 0.6 is 0 Å². The quantitative estimate of drug-likeness (QED) is 0.753. The zero-order chi connectivity index (χ0) is 11.4. The highest BCUT2D eigenvalue weighted by molar-refractivity contribution is 5.42. The second kappa shape index (κ2) is 4.44. The smallest absolute Gasteiger partial charge is 0.0539 e. The van der Waals surface area contributed by atoms with E-state index < -0.39 is 0 Å². The molecule has 0 atom stereocenters. The molecule has 1 aromatic rings. The maximum absolute atomic E-state index is 3.20. The molecule has 2 heteroatoms. The molecule has 1 aromatic carbocycles. The SMILES string of the molecule is CC1(C)C=CC(NNc2ccccc2)=CC1. The minimum absolute atomic E-state index is 0.290. The van der Waals surface area contributed by atoms with E-state index in [9.17, 15) is 0 Å². The van der Waals surface area contributed by atoms with Gasteiger partial charge >= 0.3 is 0 Å². The molecule has 0 aromatic heterocycles. The summed E-state index contributed by atoms with van der Waals surface area (Å²) in [6.07, 6.45) is 7.65. The second-order valence-corrected chi connectivity index (χ2v) is 4.80. The number of allylic oxidation sites excluding steroid dienone is 3. The van der Waals surface area contributed by atoms with E-state index >= 15 is 0 Å². The van der Waals surface area contributed by atoms with Gasteiger partial charge in [-0.2, -0.15) is 0 Å². The Kier molecular flexibility index (Phi) is 3.00. The monoisotopic (exact) mass is 214 g/mol. The van der Waals surface area contributed by atoms with E-state index in [2.05, 4.69) is 42.9 Å². The third-order valence-corrected chi connectivity index (χ3v) is 2.69. The molecular weight excluding hydrogens is 196 g/mol. The molecule has 0 unspecified atom stereocenters. The van der Waals surface area contributed by atoms with Gasteiger partial charge in [0.25, 0.3) is 0 Å². The molecule has 0 aliphatic heterocycles. The molecule has 0 spiro atoms. The Bertz CT molecular complexity index is 402. The number of anilines is 1. The lowest BCUT2D eigenvalue weighted by atomic mass is 9.85. The summed E-state index contributed by atoms with van der Waals surface area (Å²) in [4.78, 5) is 0. The zero-order valence-corrected chi connectivity index (χ0v) is 9.83. The average molecular weight is 214 g/mol. The Balaban J connectivity index is 1.89. The Hall–Kier alpha value is -1.70. The van der Waals surface area contributed by atoms with Gasteiger partial charge in [0.15, 0.2) is 0 Å². The van der Waals surface area contributed by atoms with E-state index in [0.29, 0.717) is 0 Å². The Morgan fingerprint density at radius 2 is 1.81 bits per heavy atom. The molecule has 1 aliphatic carbocycles. The Morgan fingerprint density at radius 3 is 2.44 bits per heavy atom. The Morgan fingerprint density at radius 1 is 1.06 bits per heavy atom. The molecule has 0 amide bonds. The highest BCUT2D eigenvalue weighted by Crippen LogP contribution is 2.27. The van der Waals surface area contributed by atoms with Crippen molar-refractivity contribution in [3.8, 4) is 0 Å². The molecule has 1 aliphatic rings. The van der Waals surface area contributed by atoms with Crippen molar-refractivity contribution in [1.82, 2.24) is 5.43 Å². The summed E-state index contributed by atoms with van der Waals surface area (Å²) in [5, 5.41) is 0. The minimum atomic E-state index is 0.290. The van der Waals surface area contributed by atoms with Crippen LogP contribution in [-0.2, 0) is 0 Å². The number of rotatable bonds is 3. The van der Waals surface area contributed by atoms with Crippen LogP contribution in [0.4, 0.5) is 5.69 Å². The van der Waals surface area contributed by atoms with Crippen LogP contribution in [-0.4, -0.2) is 0 Å². The predicted octanol–water partition coefficient (Wildman–Crippen LogP) is 3.47. The standard InChI is InChI=1S/C14H18N2/c1-14(2)10-8-13(9-11-14)16-15-12-6-4-3-5-7-12/h3-10,15-16H,11H2,1-2H3. The van der Waals surface area contributed by atoms with Crippen LogP contribution in [0, 0.1) is 5.41 Å². The molecular formula is C14H18N2. The topological polar surface area (TPSA) is 24.1 Å². The van der Waals surface area contributed by atoms with Crippen molar-refractivity contribution >= 4 is 5.69 Å². The first-order valence-corrected chi connectivity index (χ1v) is 5.62. The first kappa shape index (κ1) is 10.8. The zero-order valence-electron chi connectivity index (χ0n) is 9.83. The molecule has 2 rings (SSSR count). The third-order valence-electron chi connectivity index (χ3n) is 2.69. The highest BCUT2D eigenvalue weighted by Gasteiger charge is 2.15. The summed E-state index contributed by atoms with van der Waals surface area (Å²) < 4.78 is 0. The van der Waals surface area contributed by atoms with Crippen molar-refractivity contribution in [2.75, 3.05) is 5.43 Å². The first-order chi connectivity index (χ1) is 7.66. The fourth-order valence-electron chi connectivity index (χ4n) is 1.58. The number of hydrogen-bond acceptors (Lipinski definition) is 2. The van der Waals surface area contributed by atoms with E-state index in [1.807, 2.05) is 30.3 Å². The fraction of sp³-hybridized carbons (Fsp3) is 0.286. The van der Waals surface area contributed by atoms with Gasteiger partial charge in [-0.05, 0) is 30.0 Å². The molecule has 0 radical (unpaired) electrons. The van der Waals surface area contributed by atoms with Gasteiger partial charge in [-0.3, -0.25) is 0 Å². The van der Waals surface area contributed by atoms with Gasteiger partial charge in [0.1, 0.15) is 0 Å². The van der Waals surface area contributed by atoms with Crippen molar-refractivity contribution in [3.05, 3.63) is 54.3 Å². The van der Waals surface area contributed by atoms with E-state index in [0.717, 1.165) is 17.8 Å². The van der Waals surface area contributed by atoms with E-state index in [4.69, 9.17) is 0 Å². The van der Waals surface area contributed by atoms with E-state index in [-0.39, 0.29) is 5.41 Å². The van der Waals surface area contributed by atoms with Crippen LogP contribution in [0.1, 0.15) is 20.3 Å². The predicted molar refractivity (Wildman–Crippen MR) is 68.8 cm³/mol. The van der Waals surface area contributed by atoms with Gasteiger partial charge in [0.2, 0.25) is 0 Å². The summed E-state index contributed by atoms with van der Waals surface area (Å²) in [7, 11) is 0. The van der Waals surface area contributed by atoms with E-state index in [1.54, 1.807) is 0 Å². The van der Waals surface area contributed by atoms with Crippen molar-refractivity contribution in [2.45, 2.75) is 20.3 Å². The van der Waals surface area contributed by atoms with Crippen molar-refractivity contribution in [1.29, 1.82) is 0 Å². The molecule has 0 bridgehead atoms. The van der Waals surface area contributed by atoms with Gasteiger partial charge in [-0.25, -0.2) is 0 Å². The summed E-state index contributed by atoms with van der Waals surface area (Å²) in [6, 6.07) is 10.1. The number of hydrogen-bond donors (Lipinski definition) is 2. The molecule has 16 heavy (non-hydrogen) atoms. The molecule has 2 N–H and O–H groups in total. The molecule has 0 fully saturated rings. The summed E-state index contributed by atoms with van der Waals surface area (Å²) in [5.74, 6) is 0. The lowest BCUT2D eigenvalue weighted by Crippen LogP contribution is -2.22. The minimum Gasteiger partial charge on any atom is -0.301 e. The normalized spacial score (nSPS) is 17.8. The lowest BCUT2D eigenvalue weighted by molar-refractivity contribution is 0.480. The molecule has 0 saturated carbocycles. The van der Waals surface area contributed by atoms with Gasteiger partial charge in [0.05, 0.1) is 5.69 Å².